The first kappa shape index (κ1) is 8.83. The Morgan fingerprint density at radius 1 is 1.18 bits per heavy atom. The molecule has 0 aromatic rings. The number of allylic oxidation sites excluding steroid dienone is 1. The summed E-state index contributed by atoms with van der Waals surface area (Å²) in [5.41, 5.74) is 1.40. The maximum atomic E-state index is 4.07. The van der Waals surface area contributed by atoms with E-state index in [2.05, 4.69) is 20.4 Å². The molecule has 0 aliphatic heterocycles. The molecule has 0 spiro atoms. The summed E-state index contributed by atoms with van der Waals surface area (Å²) in [5.74, 6) is 1.70. The molecule has 1 fully saturated rings. The predicted molar refractivity (Wildman–Crippen MR) is 50.6 cm³/mol. The van der Waals surface area contributed by atoms with E-state index in [1.807, 2.05) is 0 Å². The molecule has 11 heavy (non-hydrogen) atoms. The van der Waals surface area contributed by atoms with E-state index in [1.54, 1.807) is 0 Å². The molecule has 0 aromatic carbocycles. The fourth-order valence-corrected chi connectivity index (χ4v) is 2.23. The Labute approximate surface area is 70.7 Å². The van der Waals surface area contributed by atoms with Crippen LogP contribution in [-0.2, 0) is 0 Å². The summed E-state index contributed by atoms with van der Waals surface area (Å²) in [7, 11) is 0. The van der Waals surface area contributed by atoms with Gasteiger partial charge in [0.15, 0.2) is 0 Å². The highest BCUT2D eigenvalue weighted by molar-refractivity contribution is 4.98. The van der Waals surface area contributed by atoms with Crippen molar-refractivity contribution in [2.24, 2.45) is 11.8 Å². The van der Waals surface area contributed by atoms with Gasteiger partial charge in [0.1, 0.15) is 0 Å². The van der Waals surface area contributed by atoms with Gasteiger partial charge in [0.2, 0.25) is 0 Å². The minimum atomic E-state index is 0.817. The fraction of sp³-hybridized carbons (Fsp3) is 0.818. The molecule has 0 aromatic heterocycles. The third-order valence-corrected chi connectivity index (χ3v) is 2.99. The van der Waals surface area contributed by atoms with Gasteiger partial charge in [-0.3, -0.25) is 0 Å². The summed E-state index contributed by atoms with van der Waals surface area (Å²) in [6.45, 7) is 8.64. The topological polar surface area (TPSA) is 0 Å². The normalized spacial score (nSPS) is 32.9. The van der Waals surface area contributed by atoms with Crippen molar-refractivity contribution < 1.29 is 0 Å². The molecule has 0 N–H and O–H groups in total. The van der Waals surface area contributed by atoms with Gasteiger partial charge >= 0.3 is 0 Å². The van der Waals surface area contributed by atoms with E-state index in [1.165, 1.54) is 37.7 Å². The Bertz CT molecular complexity index is 135. The molecule has 1 saturated carbocycles. The molecule has 1 aliphatic rings. The van der Waals surface area contributed by atoms with E-state index >= 15 is 0 Å². The van der Waals surface area contributed by atoms with Crippen molar-refractivity contribution in [3.05, 3.63) is 12.2 Å². The van der Waals surface area contributed by atoms with Crippen LogP contribution < -0.4 is 0 Å². The van der Waals surface area contributed by atoms with Crippen LogP contribution in [0.25, 0.3) is 0 Å². The van der Waals surface area contributed by atoms with Gasteiger partial charge in [-0.25, -0.2) is 0 Å². The number of rotatable bonds is 1. The van der Waals surface area contributed by atoms with Gasteiger partial charge in [0, 0.05) is 0 Å². The number of hydrogen-bond donors (Lipinski definition) is 0. The largest absolute Gasteiger partial charge is 0.0999 e. The molecule has 0 bridgehead atoms. The monoisotopic (exact) mass is 152 g/mol. The molecule has 0 nitrogen and oxygen atoms in total. The van der Waals surface area contributed by atoms with Crippen molar-refractivity contribution >= 4 is 0 Å². The highest BCUT2D eigenvalue weighted by Gasteiger charge is 2.19. The van der Waals surface area contributed by atoms with Crippen LogP contribution >= 0.6 is 0 Å². The third kappa shape index (κ3) is 2.36. The Hall–Kier alpha value is -0.260. The average molecular weight is 152 g/mol. The zero-order valence-electron chi connectivity index (χ0n) is 7.90. The minimum absolute atomic E-state index is 0.817. The maximum absolute atomic E-state index is 4.07. The van der Waals surface area contributed by atoms with Gasteiger partial charge in [-0.05, 0) is 25.2 Å². The smallest absolute Gasteiger partial charge is 0.0183 e. The third-order valence-electron chi connectivity index (χ3n) is 2.99. The highest BCUT2D eigenvalue weighted by atomic mass is 14.2. The van der Waals surface area contributed by atoms with Crippen LogP contribution in [0.15, 0.2) is 12.2 Å². The Morgan fingerprint density at radius 3 is 2.45 bits per heavy atom. The lowest BCUT2D eigenvalue weighted by Gasteiger charge is -2.21. The van der Waals surface area contributed by atoms with Crippen molar-refractivity contribution in [2.75, 3.05) is 0 Å². The van der Waals surface area contributed by atoms with Crippen LogP contribution in [0.1, 0.15) is 46.0 Å². The van der Waals surface area contributed by atoms with Crippen molar-refractivity contribution in [2.45, 2.75) is 46.0 Å². The van der Waals surface area contributed by atoms with Gasteiger partial charge in [0.25, 0.3) is 0 Å². The van der Waals surface area contributed by atoms with E-state index in [-0.39, 0.29) is 0 Å². The van der Waals surface area contributed by atoms with Crippen LogP contribution in [0.2, 0.25) is 0 Å². The van der Waals surface area contributed by atoms with Gasteiger partial charge in [-0.15, -0.1) is 0 Å². The van der Waals surface area contributed by atoms with Crippen molar-refractivity contribution in [3.63, 3.8) is 0 Å². The summed E-state index contributed by atoms with van der Waals surface area (Å²) in [6, 6.07) is 0. The van der Waals surface area contributed by atoms with E-state index in [9.17, 15) is 0 Å². The maximum Gasteiger partial charge on any atom is -0.0183 e. The van der Waals surface area contributed by atoms with Crippen molar-refractivity contribution in [3.8, 4) is 0 Å². The summed E-state index contributed by atoms with van der Waals surface area (Å²) >= 11 is 0. The van der Waals surface area contributed by atoms with E-state index < -0.39 is 0 Å². The molecule has 64 valence electrons. The van der Waals surface area contributed by atoms with Crippen LogP contribution in [0.4, 0.5) is 0 Å². The summed E-state index contributed by atoms with van der Waals surface area (Å²) in [4.78, 5) is 0. The molecule has 2 unspecified atom stereocenters. The molecular weight excluding hydrogens is 132 g/mol. The molecule has 0 radical (unpaired) electrons. The first-order valence-electron chi connectivity index (χ1n) is 4.87. The predicted octanol–water partition coefficient (Wildman–Crippen LogP) is 3.78. The molecule has 1 rings (SSSR count). The van der Waals surface area contributed by atoms with Crippen LogP contribution in [0, 0.1) is 11.8 Å². The van der Waals surface area contributed by atoms with Gasteiger partial charge in [-0.2, -0.15) is 0 Å². The van der Waals surface area contributed by atoms with Crippen LogP contribution in [0.3, 0.4) is 0 Å². The lowest BCUT2D eigenvalue weighted by Crippen LogP contribution is -2.10. The van der Waals surface area contributed by atoms with Gasteiger partial charge < -0.3 is 0 Å². The Morgan fingerprint density at radius 2 is 1.82 bits per heavy atom. The SMILES string of the molecule is C=C(C)C1CCCCCC1C. The highest BCUT2D eigenvalue weighted by Crippen LogP contribution is 2.32. The second-order valence-corrected chi connectivity index (χ2v) is 4.07. The zero-order valence-corrected chi connectivity index (χ0v) is 7.90. The van der Waals surface area contributed by atoms with E-state index in [0.717, 1.165) is 11.8 Å². The molecule has 0 amide bonds. The second kappa shape index (κ2) is 3.94. The van der Waals surface area contributed by atoms with E-state index in [0.29, 0.717) is 0 Å². The molecular formula is C11H20. The van der Waals surface area contributed by atoms with E-state index in [4.69, 9.17) is 0 Å². The first-order chi connectivity index (χ1) is 5.22. The first-order valence-corrected chi connectivity index (χ1v) is 4.87. The number of hydrogen-bond acceptors (Lipinski definition) is 0. The van der Waals surface area contributed by atoms with Gasteiger partial charge in [-0.1, -0.05) is 44.8 Å². The van der Waals surface area contributed by atoms with Crippen LogP contribution in [0.5, 0.6) is 0 Å². The molecule has 0 saturated heterocycles. The van der Waals surface area contributed by atoms with Crippen LogP contribution in [-0.4, -0.2) is 0 Å². The summed E-state index contributed by atoms with van der Waals surface area (Å²) in [6.07, 6.45) is 7.09. The van der Waals surface area contributed by atoms with Gasteiger partial charge in [0.05, 0.1) is 0 Å². The lowest BCUT2D eigenvalue weighted by molar-refractivity contribution is 0.388. The summed E-state index contributed by atoms with van der Waals surface area (Å²) in [5, 5.41) is 0. The molecule has 1 aliphatic carbocycles. The molecule has 2 atom stereocenters. The minimum Gasteiger partial charge on any atom is -0.0999 e. The zero-order chi connectivity index (χ0) is 8.27. The summed E-state index contributed by atoms with van der Waals surface area (Å²) < 4.78 is 0. The van der Waals surface area contributed by atoms with Crippen molar-refractivity contribution in [1.82, 2.24) is 0 Å². The Kier molecular flexibility index (Phi) is 3.16. The second-order valence-electron chi connectivity index (χ2n) is 4.07. The molecule has 0 heterocycles. The average Bonchev–Trinajstić information content (AvgIpc) is 2.13. The fourth-order valence-electron chi connectivity index (χ4n) is 2.23. The molecule has 0 heteroatoms. The quantitative estimate of drug-likeness (QED) is 0.396. The Balaban J connectivity index is 2.52. The lowest BCUT2D eigenvalue weighted by atomic mass is 9.85. The standard InChI is InChI=1S/C11H20/c1-9(2)11-8-6-4-5-7-10(11)3/h10-11H,1,4-8H2,2-3H3. The van der Waals surface area contributed by atoms with Crippen molar-refractivity contribution in [1.29, 1.82) is 0 Å².